The third-order valence-electron chi connectivity index (χ3n) is 3.93. The maximum Gasteiger partial charge on any atom is 0.282 e. The Morgan fingerprint density at radius 1 is 0.917 bits per heavy atom. The van der Waals surface area contributed by atoms with Crippen molar-refractivity contribution >= 4 is 0 Å². The summed E-state index contributed by atoms with van der Waals surface area (Å²) in [5.74, 6) is -0.452. The second kappa shape index (κ2) is 6.51. The molecule has 0 aliphatic heterocycles. The second-order valence-corrected chi connectivity index (χ2v) is 5.88. The smallest absolute Gasteiger partial charge is 0.206 e. The van der Waals surface area contributed by atoms with Gasteiger partial charge in [0, 0.05) is 0 Å². The lowest BCUT2D eigenvalue weighted by Crippen LogP contribution is -2.01. The Bertz CT molecular complexity index is 822. The molecule has 0 bridgehead atoms. The van der Waals surface area contributed by atoms with Crippen molar-refractivity contribution < 1.29 is 13.2 Å². The molecule has 124 valence electrons. The highest BCUT2D eigenvalue weighted by Gasteiger charge is 2.26. The predicted molar refractivity (Wildman–Crippen MR) is 88.0 cm³/mol. The van der Waals surface area contributed by atoms with Gasteiger partial charge in [0.25, 0.3) is 6.43 Å². The van der Waals surface area contributed by atoms with Crippen LogP contribution < -0.4 is 0 Å². The quantitative estimate of drug-likeness (QED) is 0.596. The zero-order valence-electron chi connectivity index (χ0n) is 13.4. The molecule has 0 aliphatic carbocycles. The highest BCUT2D eigenvalue weighted by molar-refractivity contribution is 5.67. The lowest BCUT2D eigenvalue weighted by molar-refractivity contribution is 0.146. The minimum absolute atomic E-state index is 0.154. The first-order chi connectivity index (χ1) is 11.5. The SMILES string of the molecule is CC(C)c1ccc(-n2nc(C(F)F)c(-c3ccccc3)c2F)cc1. The molecule has 0 spiro atoms. The minimum Gasteiger partial charge on any atom is -0.206 e. The summed E-state index contributed by atoms with van der Waals surface area (Å²) in [5, 5.41) is 3.82. The van der Waals surface area contributed by atoms with Crippen molar-refractivity contribution in [3.63, 3.8) is 0 Å². The van der Waals surface area contributed by atoms with Crippen molar-refractivity contribution in [2.75, 3.05) is 0 Å². The molecule has 24 heavy (non-hydrogen) atoms. The van der Waals surface area contributed by atoms with Crippen LogP contribution in [-0.2, 0) is 0 Å². The first kappa shape index (κ1) is 16.3. The average molecular weight is 330 g/mol. The number of alkyl halides is 2. The summed E-state index contributed by atoms with van der Waals surface area (Å²) < 4.78 is 42.5. The molecule has 0 aliphatic rings. The van der Waals surface area contributed by atoms with Gasteiger partial charge in [-0.25, -0.2) is 13.5 Å². The molecule has 0 saturated heterocycles. The zero-order valence-corrected chi connectivity index (χ0v) is 13.4. The van der Waals surface area contributed by atoms with Gasteiger partial charge in [-0.1, -0.05) is 56.3 Å². The number of nitrogens with zero attached hydrogens (tertiary/aromatic N) is 2. The molecule has 0 fully saturated rings. The van der Waals surface area contributed by atoms with Gasteiger partial charge >= 0.3 is 0 Å². The first-order valence-corrected chi connectivity index (χ1v) is 7.71. The summed E-state index contributed by atoms with van der Waals surface area (Å²) >= 11 is 0. The number of hydrogen-bond acceptors (Lipinski definition) is 1. The van der Waals surface area contributed by atoms with Gasteiger partial charge in [-0.3, -0.25) is 0 Å². The van der Waals surface area contributed by atoms with Gasteiger partial charge in [0.2, 0.25) is 5.95 Å². The Labute approximate surface area is 138 Å². The van der Waals surface area contributed by atoms with Gasteiger partial charge in [0.15, 0.2) is 0 Å². The fraction of sp³-hybridized carbons (Fsp3) is 0.211. The van der Waals surface area contributed by atoms with Gasteiger partial charge in [-0.2, -0.15) is 9.49 Å². The van der Waals surface area contributed by atoms with Gasteiger partial charge in [-0.05, 0) is 29.2 Å². The van der Waals surface area contributed by atoms with Gasteiger partial charge in [0.1, 0.15) is 5.69 Å². The van der Waals surface area contributed by atoms with Crippen LogP contribution in [0.3, 0.4) is 0 Å². The van der Waals surface area contributed by atoms with E-state index in [1.165, 1.54) is 0 Å². The van der Waals surface area contributed by atoms with E-state index in [4.69, 9.17) is 0 Å². The second-order valence-electron chi connectivity index (χ2n) is 5.88. The van der Waals surface area contributed by atoms with Crippen LogP contribution in [0.5, 0.6) is 0 Å². The molecule has 5 heteroatoms. The van der Waals surface area contributed by atoms with Crippen molar-refractivity contribution in [3.05, 3.63) is 71.8 Å². The Morgan fingerprint density at radius 3 is 2.08 bits per heavy atom. The summed E-state index contributed by atoms with van der Waals surface area (Å²) in [5.41, 5.74) is 1.19. The molecule has 2 aromatic carbocycles. The molecule has 0 saturated carbocycles. The molecule has 2 nitrogen and oxygen atoms in total. The summed E-state index contributed by atoms with van der Waals surface area (Å²) in [6.45, 7) is 4.10. The van der Waals surface area contributed by atoms with E-state index in [1.54, 1.807) is 42.5 Å². The molecule has 0 atom stereocenters. The Balaban J connectivity index is 2.13. The molecule has 0 N–H and O–H groups in total. The lowest BCUT2D eigenvalue weighted by Gasteiger charge is -2.07. The fourth-order valence-electron chi connectivity index (χ4n) is 2.61. The number of hydrogen-bond donors (Lipinski definition) is 0. The van der Waals surface area contributed by atoms with E-state index in [-0.39, 0.29) is 5.56 Å². The standard InChI is InChI=1S/C19H17F3N2/c1-12(2)13-8-10-15(11-9-13)24-19(22)16(17(23-24)18(20)21)14-6-4-3-5-7-14/h3-12,18H,1-2H3. The molecule has 1 heterocycles. The number of rotatable bonds is 4. The van der Waals surface area contributed by atoms with E-state index in [2.05, 4.69) is 5.10 Å². The molecular formula is C19H17F3N2. The molecular weight excluding hydrogens is 313 g/mol. The van der Waals surface area contributed by atoms with E-state index >= 15 is 0 Å². The van der Waals surface area contributed by atoms with E-state index < -0.39 is 18.1 Å². The maximum atomic E-state index is 14.9. The summed E-state index contributed by atoms with van der Waals surface area (Å²) in [7, 11) is 0. The first-order valence-electron chi connectivity index (χ1n) is 7.71. The van der Waals surface area contributed by atoms with Crippen molar-refractivity contribution in [1.82, 2.24) is 9.78 Å². The van der Waals surface area contributed by atoms with Crippen molar-refractivity contribution in [1.29, 1.82) is 0 Å². The van der Waals surface area contributed by atoms with Crippen LogP contribution in [0.15, 0.2) is 54.6 Å². The summed E-state index contributed by atoms with van der Waals surface area (Å²) in [4.78, 5) is 0. The van der Waals surface area contributed by atoms with Gasteiger partial charge in [0.05, 0.1) is 11.3 Å². The lowest BCUT2D eigenvalue weighted by atomic mass is 10.0. The number of benzene rings is 2. The molecule has 0 amide bonds. The van der Waals surface area contributed by atoms with E-state index in [1.807, 2.05) is 26.0 Å². The summed E-state index contributed by atoms with van der Waals surface area (Å²) in [6.07, 6.45) is -2.86. The molecule has 0 unspecified atom stereocenters. The third kappa shape index (κ3) is 2.94. The molecule has 3 rings (SSSR count). The van der Waals surface area contributed by atoms with Crippen LogP contribution in [0.2, 0.25) is 0 Å². The van der Waals surface area contributed by atoms with Gasteiger partial charge < -0.3 is 0 Å². The largest absolute Gasteiger partial charge is 0.282 e. The van der Waals surface area contributed by atoms with E-state index in [0.29, 0.717) is 17.2 Å². The maximum absolute atomic E-state index is 14.9. The zero-order chi connectivity index (χ0) is 17.3. The van der Waals surface area contributed by atoms with Crippen LogP contribution in [-0.4, -0.2) is 9.78 Å². The van der Waals surface area contributed by atoms with E-state index in [0.717, 1.165) is 10.2 Å². The fourth-order valence-corrected chi connectivity index (χ4v) is 2.61. The van der Waals surface area contributed by atoms with Crippen LogP contribution in [0.1, 0.15) is 37.4 Å². The Morgan fingerprint density at radius 2 is 1.54 bits per heavy atom. The van der Waals surface area contributed by atoms with Crippen LogP contribution >= 0.6 is 0 Å². The molecule has 0 radical (unpaired) electrons. The predicted octanol–water partition coefficient (Wildman–Crippen LogP) is 5.74. The van der Waals surface area contributed by atoms with Crippen molar-refractivity contribution in [2.24, 2.45) is 0 Å². The van der Waals surface area contributed by atoms with Crippen molar-refractivity contribution in [2.45, 2.75) is 26.2 Å². The van der Waals surface area contributed by atoms with Crippen molar-refractivity contribution in [3.8, 4) is 16.8 Å². The minimum atomic E-state index is -2.86. The molecule has 3 aromatic rings. The molecule has 1 aromatic heterocycles. The highest BCUT2D eigenvalue weighted by atomic mass is 19.3. The van der Waals surface area contributed by atoms with Crippen LogP contribution in [0.4, 0.5) is 13.2 Å². The Hall–Kier alpha value is -2.56. The Kier molecular flexibility index (Phi) is 4.42. The monoisotopic (exact) mass is 330 g/mol. The summed E-state index contributed by atoms with van der Waals surface area (Å²) in [6, 6.07) is 15.4. The van der Waals surface area contributed by atoms with E-state index in [9.17, 15) is 13.2 Å². The highest BCUT2D eigenvalue weighted by Crippen LogP contribution is 2.34. The number of aromatic nitrogens is 2. The van der Waals surface area contributed by atoms with Crippen LogP contribution in [0.25, 0.3) is 16.8 Å². The third-order valence-corrected chi connectivity index (χ3v) is 3.93. The normalized spacial score (nSPS) is 11.5. The average Bonchev–Trinajstić information content (AvgIpc) is 2.93. The topological polar surface area (TPSA) is 17.8 Å². The van der Waals surface area contributed by atoms with Crippen LogP contribution in [0, 0.1) is 5.95 Å². The van der Waals surface area contributed by atoms with Gasteiger partial charge in [-0.15, -0.1) is 0 Å². The number of halogens is 3.